The van der Waals surface area contributed by atoms with Crippen molar-refractivity contribution in [2.45, 2.75) is 31.7 Å². The van der Waals surface area contributed by atoms with Crippen LogP contribution in [-0.2, 0) is 0 Å². The predicted molar refractivity (Wildman–Crippen MR) is 88.5 cm³/mol. The molecular weight excluding hydrogens is 290 g/mol. The first-order valence-corrected chi connectivity index (χ1v) is 8.58. The lowest BCUT2D eigenvalue weighted by molar-refractivity contribution is 0.0690. The number of hydrogen-bond donors (Lipinski definition) is 1. The summed E-state index contributed by atoms with van der Waals surface area (Å²) < 4.78 is 0. The molecule has 0 bridgehead atoms. The van der Waals surface area contributed by atoms with Crippen molar-refractivity contribution in [1.29, 1.82) is 0 Å². The van der Waals surface area contributed by atoms with Gasteiger partial charge in [-0.2, -0.15) is 0 Å². The van der Waals surface area contributed by atoms with E-state index in [9.17, 15) is 9.59 Å². The normalized spacial score (nSPS) is 20.8. The van der Waals surface area contributed by atoms with Gasteiger partial charge in [0.1, 0.15) is 0 Å². The molecule has 1 N–H and O–H groups in total. The first-order chi connectivity index (χ1) is 11.1. The van der Waals surface area contributed by atoms with Crippen molar-refractivity contribution in [2.75, 3.05) is 25.0 Å². The number of urea groups is 1. The maximum absolute atomic E-state index is 12.9. The molecule has 4 rings (SSSR count). The van der Waals surface area contributed by atoms with Gasteiger partial charge in [0, 0.05) is 37.4 Å². The van der Waals surface area contributed by atoms with Crippen LogP contribution in [0.5, 0.6) is 0 Å². The molecule has 122 valence electrons. The van der Waals surface area contributed by atoms with Gasteiger partial charge in [-0.15, -0.1) is 0 Å². The number of carbonyl (C=O) groups excluding carboxylic acids is 2. The Balaban J connectivity index is 1.54. The first kappa shape index (κ1) is 14.5. The van der Waals surface area contributed by atoms with Crippen LogP contribution >= 0.6 is 0 Å². The number of nitrogens with one attached hydrogen (secondary N) is 1. The summed E-state index contributed by atoms with van der Waals surface area (Å²) >= 11 is 0. The molecule has 1 aromatic rings. The molecule has 2 aliphatic carbocycles. The summed E-state index contributed by atoms with van der Waals surface area (Å²) in [6, 6.07) is 7.78. The average molecular weight is 313 g/mol. The van der Waals surface area contributed by atoms with Gasteiger partial charge in [0.05, 0.1) is 0 Å². The van der Waals surface area contributed by atoms with Gasteiger partial charge in [-0.05, 0) is 55.7 Å². The van der Waals surface area contributed by atoms with Crippen molar-refractivity contribution in [3.05, 3.63) is 29.8 Å². The fourth-order valence-corrected chi connectivity index (χ4v) is 3.76. The quantitative estimate of drug-likeness (QED) is 0.908. The minimum atomic E-state index is -0.0863. The minimum Gasteiger partial charge on any atom is -0.338 e. The maximum Gasteiger partial charge on any atom is 0.321 e. The van der Waals surface area contributed by atoms with E-state index in [0.29, 0.717) is 36.5 Å². The summed E-state index contributed by atoms with van der Waals surface area (Å²) in [4.78, 5) is 28.4. The van der Waals surface area contributed by atoms with Gasteiger partial charge in [-0.1, -0.05) is 6.07 Å². The number of benzene rings is 1. The van der Waals surface area contributed by atoms with Crippen molar-refractivity contribution >= 4 is 17.6 Å². The van der Waals surface area contributed by atoms with E-state index < -0.39 is 0 Å². The van der Waals surface area contributed by atoms with E-state index >= 15 is 0 Å². The number of nitrogens with zero attached hydrogens (tertiary/aromatic N) is 2. The number of anilines is 1. The molecule has 0 radical (unpaired) electrons. The molecule has 3 amide bonds. The third kappa shape index (κ3) is 2.80. The van der Waals surface area contributed by atoms with Crippen LogP contribution in [0, 0.1) is 11.8 Å². The molecule has 0 spiro atoms. The van der Waals surface area contributed by atoms with Crippen LogP contribution in [0.1, 0.15) is 36.0 Å². The molecule has 2 saturated carbocycles. The summed E-state index contributed by atoms with van der Waals surface area (Å²) in [5.74, 6) is 1.48. The molecule has 0 atom stereocenters. The molecule has 3 aliphatic rings. The SMILES string of the molecule is CN(C(=O)c1cccc(N2CCNC2=O)c1)C(C1CC1)C1CC1. The Labute approximate surface area is 136 Å². The van der Waals surface area contributed by atoms with E-state index in [2.05, 4.69) is 5.32 Å². The van der Waals surface area contributed by atoms with Crippen molar-refractivity contribution in [2.24, 2.45) is 11.8 Å². The molecule has 1 aliphatic heterocycles. The first-order valence-electron chi connectivity index (χ1n) is 8.58. The summed E-state index contributed by atoms with van der Waals surface area (Å²) in [7, 11) is 1.94. The van der Waals surface area contributed by atoms with Crippen LogP contribution in [0.4, 0.5) is 10.5 Å². The second kappa shape index (κ2) is 5.55. The topological polar surface area (TPSA) is 52.7 Å². The third-order valence-electron chi connectivity index (χ3n) is 5.24. The lowest BCUT2D eigenvalue weighted by Crippen LogP contribution is -2.40. The Bertz CT molecular complexity index is 625. The highest BCUT2D eigenvalue weighted by Gasteiger charge is 2.45. The van der Waals surface area contributed by atoms with Gasteiger partial charge in [-0.25, -0.2) is 4.79 Å². The van der Waals surface area contributed by atoms with Crippen LogP contribution in [0.2, 0.25) is 0 Å². The highest BCUT2D eigenvalue weighted by molar-refractivity contribution is 5.98. The van der Waals surface area contributed by atoms with E-state index in [1.807, 2.05) is 36.2 Å². The summed E-state index contributed by atoms with van der Waals surface area (Å²) in [5.41, 5.74) is 1.48. The highest BCUT2D eigenvalue weighted by Crippen LogP contribution is 2.47. The number of amides is 3. The van der Waals surface area contributed by atoms with E-state index in [1.165, 1.54) is 25.7 Å². The lowest BCUT2D eigenvalue weighted by atomic mass is 10.0. The highest BCUT2D eigenvalue weighted by atomic mass is 16.2. The number of hydrogen-bond acceptors (Lipinski definition) is 2. The smallest absolute Gasteiger partial charge is 0.321 e. The van der Waals surface area contributed by atoms with Crippen molar-refractivity contribution < 1.29 is 9.59 Å². The van der Waals surface area contributed by atoms with Crippen LogP contribution < -0.4 is 10.2 Å². The summed E-state index contributed by atoms with van der Waals surface area (Å²) in [6.07, 6.45) is 5.03. The van der Waals surface area contributed by atoms with Gasteiger partial charge in [-0.3, -0.25) is 9.69 Å². The van der Waals surface area contributed by atoms with Crippen LogP contribution in [0.3, 0.4) is 0 Å². The van der Waals surface area contributed by atoms with Gasteiger partial charge < -0.3 is 10.2 Å². The molecule has 1 saturated heterocycles. The predicted octanol–water partition coefficient (Wildman–Crippen LogP) is 2.48. The summed E-state index contributed by atoms with van der Waals surface area (Å²) in [5, 5.41) is 2.80. The van der Waals surface area contributed by atoms with Gasteiger partial charge in [0.25, 0.3) is 5.91 Å². The Hall–Kier alpha value is -2.04. The molecule has 0 aromatic heterocycles. The third-order valence-corrected chi connectivity index (χ3v) is 5.24. The molecule has 23 heavy (non-hydrogen) atoms. The van der Waals surface area contributed by atoms with Crippen molar-refractivity contribution in [1.82, 2.24) is 10.2 Å². The monoisotopic (exact) mass is 313 g/mol. The molecule has 5 nitrogen and oxygen atoms in total. The molecule has 0 unspecified atom stereocenters. The van der Waals surface area contributed by atoms with E-state index in [4.69, 9.17) is 0 Å². The van der Waals surface area contributed by atoms with Crippen molar-refractivity contribution in [3.63, 3.8) is 0 Å². The van der Waals surface area contributed by atoms with Gasteiger partial charge in [0.15, 0.2) is 0 Å². The fraction of sp³-hybridized carbons (Fsp3) is 0.556. The Morgan fingerprint density at radius 3 is 2.52 bits per heavy atom. The largest absolute Gasteiger partial charge is 0.338 e. The van der Waals surface area contributed by atoms with Crippen LogP contribution in [0.25, 0.3) is 0 Å². The second-order valence-electron chi connectivity index (χ2n) is 7.02. The van der Waals surface area contributed by atoms with E-state index in [1.54, 1.807) is 4.90 Å². The van der Waals surface area contributed by atoms with Gasteiger partial charge >= 0.3 is 6.03 Å². The fourth-order valence-electron chi connectivity index (χ4n) is 3.76. The zero-order chi connectivity index (χ0) is 16.0. The maximum atomic E-state index is 12.9. The molecule has 1 aromatic carbocycles. The minimum absolute atomic E-state index is 0.0789. The van der Waals surface area contributed by atoms with Crippen LogP contribution in [0.15, 0.2) is 24.3 Å². The Kier molecular flexibility index (Phi) is 3.51. The average Bonchev–Trinajstić information content (AvgIpc) is 3.48. The molecule has 3 fully saturated rings. The second-order valence-corrected chi connectivity index (χ2v) is 7.02. The van der Waals surface area contributed by atoms with Gasteiger partial charge in [0.2, 0.25) is 0 Å². The number of rotatable bonds is 5. The standard InChI is InChI=1S/C18H23N3O2/c1-20(16(12-5-6-12)13-7-8-13)17(22)14-3-2-4-15(11-14)21-10-9-19-18(21)23/h2-4,11-13,16H,5-10H2,1H3,(H,19,23). The van der Waals surface area contributed by atoms with E-state index in [0.717, 1.165) is 5.69 Å². The zero-order valence-corrected chi connectivity index (χ0v) is 13.5. The molecular formula is C18H23N3O2. The molecule has 5 heteroatoms. The number of carbonyl (C=O) groups is 2. The molecule has 1 heterocycles. The Morgan fingerprint density at radius 2 is 1.96 bits per heavy atom. The van der Waals surface area contributed by atoms with Crippen LogP contribution in [-0.4, -0.2) is 43.0 Å². The summed E-state index contributed by atoms with van der Waals surface area (Å²) in [6.45, 7) is 1.31. The lowest BCUT2D eigenvalue weighted by Gasteiger charge is -2.29. The van der Waals surface area contributed by atoms with Crippen molar-refractivity contribution in [3.8, 4) is 0 Å². The Morgan fingerprint density at radius 1 is 1.26 bits per heavy atom. The zero-order valence-electron chi connectivity index (χ0n) is 13.5. The van der Waals surface area contributed by atoms with E-state index in [-0.39, 0.29) is 11.9 Å².